The summed E-state index contributed by atoms with van der Waals surface area (Å²) in [4.78, 5) is 15.2. The van der Waals surface area contributed by atoms with Crippen molar-refractivity contribution >= 4 is 5.91 Å². The van der Waals surface area contributed by atoms with Crippen molar-refractivity contribution in [2.24, 2.45) is 17.8 Å². The highest BCUT2D eigenvalue weighted by Crippen LogP contribution is 2.46. The lowest BCUT2D eigenvalue weighted by atomic mass is 9.91. The van der Waals surface area contributed by atoms with Crippen molar-refractivity contribution in [1.29, 1.82) is 0 Å². The molecular formula is C19H23NO2. The van der Waals surface area contributed by atoms with Crippen molar-refractivity contribution in [3.63, 3.8) is 0 Å². The van der Waals surface area contributed by atoms with Crippen LogP contribution >= 0.6 is 0 Å². The van der Waals surface area contributed by atoms with Gasteiger partial charge in [-0.05, 0) is 55.2 Å². The molecule has 4 rings (SSSR count). The Morgan fingerprint density at radius 3 is 2.91 bits per heavy atom. The van der Waals surface area contributed by atoms with E-state index >= 15 is 0 Å². The third-order valence-electron chi connectivity index (χ3n) is 5.61. The van der Waals surface area contributed by atoms with Crippen molar-refractivity contribution in [2.45, 2.75) is 31.7 Å². The largest absolute Gasteiger partial charge is 0.497 e. The smallest absolute Gasteiger partial charge is 0.226 e. The monoisotopic (exact) mass is 297 g/mol. The molecule has 1 saturated carbocycles. The molecule has 1 saturated heterocycles. The van der Waals surface area contributed by atoms with Gasteiger partial charge >= 0.3 is 0 Å². The van der Waals surface area contributed by atoms with Gasteiger partial charge in [0.25, 0.3) is 0 Å². The van der Waals surface area contributed by atoms with E-state index in [1.54, 1.807) is 7.11 Å². The summed E-state index contributed by atoms with van der Waals surface area (Å²) in [6, 6.07) is 8.42. The van der Waals surface area contributed by atoms with Gasteiger partial charge in [0, 0.05) is 12.5 Å². The van der Waals surface area contributed by atoms with Crippen LogP contribution in [0.1, 0.15) is 37.3 Å². The quantitative estimate of drug-likeness (QED) is 0.798. The SMILES string of the molecule is COc1cccc(C2CCCN2C(=O)C2CC3C=CC2C3)c1. The van der Waals surface area contributed by atoms with Gasteiger partial charge in [-0.25, -0.2) is 0 Å². The predicted octanol–water partition coefficient (Wildman–Crippen LogP) is 3.57. The van der Waals surface area contributed by atoms with Gasteiger partial charge in [-0.3, -0.25) is 4.79 Å². The zero-order valence-corrected chi connectivity index (χ0v) is 13.1. The van der Waals surface area contributed by atoms with Crippen molar-refractivity contribution in [3.8, 4) is 5.75 Å². The molecule has 22 heavy (non-hydrogen) atoms. The highest BCUT2D eigenvalue weighted by Gasteiger charge is 2.43. The lowest BCUT2D eigenvalue weighted by Crippen LogP contribution is -2.37. The van der Waals surface area contributed by atoms with E-state index in [2.05, 4.69) is 29.2 Å². The van der Waals surface area contributed by atoms with Gasteiger partial charge in [0.15, 0.2) is 0 Å². The molecule has 1 aliphatic heterocycles. The summed E-state index contributed by atoms with van der Waals surface area (Å²) in [5, 5.41) is 0. The van der Waals surface area contributed by atoms with Gasteiger partial charge in [-0.2, -0.15) is 0 Å². The average molecular weight is 297 g/mol. The number of benzene rings is 1. The summed E-state index contributed by atoms with van der Waals surface area (Å²) in [6.07, 6.45) is 8.99. The first-order valence-electron chi connectivity index (χ1n) is 8.39. The molecule has 2 fully saturated rings. The lowest BCUT2D eigenvalue weighted by Gasteiger charge is -2.30. The molecule has 1 amide bonds. The first-order chi connectivity index (χ1) is 10.8. The molecule has 116 valence electrons. The second-order valence-electron chi connectivity index (χ2n) is 6.85. The molecule has 0 radical (unpaired) electrons. The number of fused-ring (bicyclic) bond motifs is 2. The predicted molar refractivity (Wildman–Crippen MR) is 85.5 cm³/mol. The minimum Gasteiger partial charge on any atom is -0.497 e. The Kier molecular flexibility index (Phi) is 3.44. The van der Waals surface area contributed by atoms with Gasteiger partial charge in [-0.1, -0.05) is 24.3 Å². The number of hydrogen-bond acceptors (Lipinski definition) is 2. The maximum atomic E-state index is 13.0. The standard InChI is InChI=1S/C19H23NO2/c1-22-16-5-2-4-15(12-16)18-6-3-9-20(18)19(21)17-11-13-7-8-14(17)10-13/h2,4-5,7-8,12-14,17-18H,3,6,9-11H2,1H3. The number of ether oxygens (including phenoxy) is 1. The van der Waals surface area contributed by atoms with Crippen LogP contribution < -0.4 is 4.74 Å². The van der Waals surface area contributed by atoms with Crippen molar-refractivity contribution in [2.75, 3.05) is 13.7 Å². The molecule has 4 atom stereocenters. The van der Waals surface area contributed by atoms with E-state index < -0.39 is 0 Å². The van der Waals surface area contributed by atoms with Gasteiger partial charge in [0.05, 0.1) is 13.2 Å². The van der Waals surface area contributed by atoms with Gasteiger partial charge < -0.3 is 9.64 Å². The zero-order chi connectivity index (χ0) is 15.1. The summed E-state index contributed by atoms with van der Waals surface area (Å²) in [5.41, 5.74) is 1.21. The normalized spacial score (nSPS) is 32.7. The third kappa shape index (κ3) is 2.23. The molecule has 3 nitrogen and oxygen atoms in total. The fourth-order valence-electron chi connectivity index (χ4n) is 4.50. The van der Waals surface area contributed by atoms with E-state index in [1.807, 2.05) is 12.1 Å². The van der Waals surface area contributed by atoms with Crippen LogP contribution in [0, 0.1) is 17.8 Å². The Balaban J connectivity index is 1.55. The maximum absolute atomic E-state index is 13.0. The average Bonchev–Trinajstić information content (AvgIpc) is 3.29. The number of carbonyl (C=O) groups excluding carboxylic acids is 1. The second-order valence-corrected chi connectivity index (χ2v) is 6.85. The third-order valence-corrected chi connectivity index (χ3v) is 5.61. The molecule has 4 unspecified atom stereocenters. The van der Waals surface area contributed by atoms with E-state index in [1.165, 1.54) is 12.0 Å². The molecule has 2 aliphatic carbocycles. The second kappa shape index (κ2) is 5.45. The van der Waals surface area contributed by atoms with Crippen LogP contribution in [0.25, 0.3) is 0 Å². The molecule has 0 spiro atoms. The van der Waals surface area contributed by atoms with Crippen molar-refractivity contribution < 1.29 is 9.53 Å². The minimum absolute atomic E-state index is 0.223. The Hall–Kier alpha value is -1.77. The summed E-state index contributed by atoms with van der Waals surface area (Å²) in [5.74, 6) is 2.61. The Bertz CT molecular complexity index is 609. The molecule has 0 aromatic heterocycles. The number of amides is 1. The number of rotatable bonds is 3. The molecule has 1 heterocycles. The lowest BCUT2D eigenvalue weighted by molar-refractivity contribution is -0.137. The maximum Gasteiger partial charge on any atom is 0.226 e. The number of methoxy groups -OCH3 is 1. The van der Waals surface area contributed by atoms with E-state index in [9.17, 15) is 4.79 Å². The van der Waals surface area contributed by atoms with Gasteiger partial charge in [0.2, 0.25) is 5.91 Å². The number of nitrogens with zero attached hydrogens (tertiary/aromatic N) is 1. The Labute approximate surface area is 132 Å². The summed E-state index contributed by atoms with van der Waals surface area (Å²) in [7, 11) is 1.69. The highest BCUT2D eigenvalue weighted by atomic mass is 16.5. The summed E-state index contributed by atoms with van der Waals surface area (Å²) in [6.45, 7) is 0.901. The molecule has 3 aliphatic rings. The van der Waals surface area contributed by atoms with Crippen LogP contribution in [0.15, 0.2) is 36.4 Å². The van der Waals surface area contributed by atoms with Gasteiger partial charge in [0.1, 0.15) is 5.75 Å². The van der Waals surface area contributed by atoms with Crippen LogP contribution in [-0.4, -0.2) is 24.5 Å². The molecule has 3 heteroatoms. The van der Waals surface area contributed by atoms with E-state index in [0.29, 0.717) is 17.7 Å². The zero-order valence-electron chi connectivity index (χ0n) is 13.1. The van der Waals surface area contributed by atoms with E-state index in [4.69, 9.17) is 4.74 Å². The highest BCUT2D eigenvalue weighted by molar-refractivity contribution is 5.81. The first-order valence-corrected chi connectivity index (χ1v) is 8.39. The van der Waals surface area contributed by atoms with Crippen LogP contribution in [0.2, 0.25) is 0 Å². The first kappa shape index (κ1) is 13.9. The van der Waals surface area contributed by atoms with Crippen LogP contribution in [0.3, 0.4) is 0 Å². The fraction of sp³-hybridized carbons (Fsp3) is 0.526. The van der Waals surface area contributed by atoms with Gasteiger partial charge in [-0.15, -0.1) is 0 Å². The summed E-state index contributed by atoms with van der Waals surface area (Å²) < 4.78 is 5.34. The Morgan fingerprint density at radius 2 is 2.18 bits per heavy atom. The van der Waals surface area contributed by atoms with Crippen molar-refractivity contribution in [1.82, 2.24) is 4.90 Å². The number of allylic oxidation sites excluding steroid dienone is 2. The van der Waals surface area contributed by atoms with E-state index in [-0.39, 0.29) is 12.0 Å². The van der Waals surface area contributed by atoms with Crippen molar-refractivity contribution in [3.05, 3.63) is 42.0 Å². The molecule has 2 bridgehead atoms. The molecule has 1 aromatic rings. The van der Waals surface area contributed by atoms with E-state index in [0.717, 1.165) is 31.6 Å². The number of hydrogen-bond donors (Lipinski definition) is 0. The molecular weight excluding hydrogens is 274 g/mol. The number of carbonyl (C=O) groups is 1. The molecule has 1 aromatic carbocycles. The minimum atomic E-state index is 0.223. The fourth-order valence-corrected chi connectivity index (χ4v) is 4.50. The number of likely N-dealkylation sites (tertiary alicyclic amines) is 1. The Morgan fingerprint density at radius 1 is 1.27 bits per heavy atom. The summed E-state index contributed by atoms with van der Waals surface area (Å²) >= 11 is 0. The van der Waals surface area contributed by atoms with Crippen LogP contribution in [-0.2, 0) is 4.79 Å². The topological polar surface area (TPSA) is 29.5 Å². The molecule has 0 N–H and O–H groups in total. The van der Waals surface area contributed by atoms with Crippen LogP contribution in [0.5, 0.6) is 5.75 Å². The van der Waals surface area contributed by atoms with Crippen LogP contribution in [0.4, 0.5) is 0 Å².